The van der Waals surface area contributed by atoms with Gasteiger partial charge in [0.15, 0.2) is 0 Å². The lowest BCUT2D eigenvalue weighted by atomic mass is 9.86. The van der Waals surface area contributed by atoms with Gasteiger partial charge in [0.1, 0.15) is 17.9 Å². The molecule has 1 N–H and O–H groups in total. The van der Waals surface area contributed by atoms with Gasteiger partial charge in [0.2, 0.25) is 0 Å². The van der Waals surface area contributed by atoms with E-state index in [1.54, 1.807) is 0 Å². The number of esters is 1. The van der Waals surface area contributed by atoms with Crippen LogP contribution in [0.4, 0.5) is 0 Å². The number of benzene rings is 1. The normalized spacial score (nSPS) is 22.1. The Kier molecular flexibility index (Phi) is 4.94. The molecule has 0 amide bonds. The summed E-state index contributed by atoms with van der Waals surface area (Å²) in [5, 5.41) is 3.14. The van der Waals surface area contributed by atoms with E-state index in [9.17, 15) is 4.79 Å². The Morgan fingerprint density at radius 3 is 2.71 bits per heavy atom. The van der Waals surface area contributed by atoms with Crippen molar-refractivity contribution in [3.8, 4) is 5.75 Å². The van der Waals surface area contributed by atoms with Crippen LogP contribution >= 0.6 is 15.9 Å². The Labute approximate surface area is 134 Å². The molecule has 0 unspecified atom stereocenters. The van der Waals surface area contributed by atoms with Crippen LogP contribution in [0.25, 0.3) is 0 Å². The minimum absolute atomic E-state index is 0.00705. The second-order valence-electron chi connectivity index (χ2n) is 6.35. The molecule has 0 aliphatic carbocycles. The summed E-state index contributed by atoms with van der Waals surface area (Å²) in [5.41, 5.74) is 1.14. The molecule has 21 heavy (non-hydrogen) atoms. The molecule has 1 fully saturated rings. The fourth-order valence-corrected chi connectivity index (χ4v) is 2.85. The maximum atomic E-state index is 11.5. The first kappa shape index (κ1) is 16.3. The molecule has 1 saturated heterocycles. The third kappa shape index (κ3) is 3.98. The van der Waals surface area contributed by atoms with Crippen LogP contribution < -0.4 is 10.1 Å². The molecular formula is C16H22BrNO3. The average Bonchev–Trinajstić information content (AvgIpc) is 2.87. The summed E-state index contributed by atoms with van der Waals surface area (Å²) >= 11 is 3.51. The monoisotopic (exact) mass is 355 g/mol. The third-order valence-electron chi connectivity index (χ3n) is 3.62. The van der Waals surface area contributed by atoms with Crippen molar-refractivity contribution in [3.05, 3.63) is 28.2 Å². The average molecular weight is 356 g/mol. The van der Waals surface area contributed by atoms with Gasteiger partial charge in [0, 0.05) is 23.0 Å². The largest absolute Gasteiger partial charge is 0.489 e. The first-order valence-electron chi connectivity index (χ1n) is 7.09. The molecule has 4 nitrogen and oxygen atoms in total. The van der Waals surface area contributed by atoms with Crippen LogP contribution in [-0.4, -0.2) is 31.8 Å². The summed E-state index contributed by atoms with van der Waals surface area (Å²) in [6.45, 7) is 7.13. The van der Waals surface area contributed by atoms with Gasteiger partial charge in [-0.2, -0.15) is 0 Å². The lowest BCUT2D eigenvalue weighted by molar-refractivity contribution is -0.142. The minimum atomic E-state index is -0.270. The summed E-state index contributed by atoms with van der Waals surface area (Å²) in [7, 11) is 1.41. The molecule has 2 rings (SSSR count). The van der Waals surface area contributed by atoms with Crippen LogP contribution in [0.5, 0.6) is 5.75 Å². The molecule has 1 aromatic rings. The van der Waals surface area contributed by atoms with Crippen molar-refractivity contribution in [3.63, 3.8) is 0 Å². The second kappa shape index (κ2) is 6.36. The summed E-state index contributed by atoms with van der Waals surface area (Å²) in [6.07, 6.45) is 0.614. The van der Waals surface area contributed by atoms with Crippen LogP contribution in [0.3, 0.4) is 0 Å². The Morgan fingerprint density at radius 1 is 1.38 bits per heavy atom. The number of hydrogen-bond donors (Lipinski definition) is 1. The van der Waals surface area contributed by atoms with E-state index >= 15 is 0 Å². The molecule has 1 aliphatic rings. The number of nitrogens with one attached hydrogen (secondary N) is 1. The zero-order chi connectivity index (χ0) is 15.6. The zero-order valence-corrected chi connectivity index (χ0v) is 14.5. The minimum Gasteiger partial charge on any atom is -0.489 e. The zero-order valence-electron chi connectivity index (χ0n) is 12.9. The van der Waals surface area contributed by atoms with Gasteiger partial charge in [0.25, 0.3) is 0 Å². The molecule has 1 aliphatic heterocycles. The topological polar surface area (TPSA) is 47.6 Å². The number of methoxy groups -OCH3 is 1. The van der Waals surface area contributed by atoms with E-state index in [0.29, 0.717) is 13.0 Å². The fourth-order valence-electron chi connectivity index (χ4n) is 2.49. The highest BCUT2D eigenvalue weighted by Gasteiger charge is 2.32. The van der Waals surface area contributed by atoms with Gasteiger partial charge < -0.3 is 14.8 Å². The van der Waals surface area contributed by atoms with Crippen molar-refractivity contribution in [1.82, 2.24) is 5.32 Å². The number of rotatable bonds is 3. The highest BCUT2D eigenvalue weighted by molar-refractivity contribution is 9.10. The Hall–Kier alpha value is -1.07. The molecule has 0 radical (unpaired) electrons. The molecule has 1 aromatic carbocycles. The van der Waals surface area contributed by atoms with Gasteiger partial charge >= 0.3 is 5.97 Å². The first-order valence-corrected chi connectivity index (χ1v) is 7.88. The van der Waals surface area contributed by atoms with Crippen molar-refractivity contribution < 1.29 is 14.3 Å². The van der Waals surface area contributed by atoms with E-state index in [1.165, 1.54) is 7.11 Å². The first-order chi connectivity index (χ1) is 9.81. The summed E-state index contributed by atoms with van der Waals surface area (Å²) in [6, 6.07) is 5.78. The van der Waals surface area contributed by atoms with E-state index in [4.69, 9.17) is 9.47 Å². The van der Waals surface area contributed by atoms with E-state index < -0.39 is 0 Å². The van der Waals surface area contributed by atoms with Crippen LogP contribution in [0.15, 0.2) is 22.7 Å². The molecule has 5 heteroatoms. The molecular weight excluding hydrogens is 334 g/mol. The summed E-state index contributed by atoms with van der Waals surface area (Å²) in [4.78, 5) is 11.5. The van der Waals surface area contributed by atoms with E-state index in [-0.39, 0.29) is 23.5 Å². The Morgan fingerprint density at radius 2 is 2.10 bits per heavy atom. The molecule has 0 spiro atoms. The molecule has 2 atom stereocenters. The van der Waals surface area contributed by atoms with E-state index in [1.807, 2.05) is 12.1 Å². The third-order valence-corrected chi connectivity index (χ3v) is 4.11. The van der Waals surface area contributed by atoms with Gasteiger partial charge in [-0.25, -0.2) is 0 Å². The molecule has 0 saturated carbocycles. The van der Waals surface area contributed by atoms with Crippen LogP contribution in [-0.2, 0) is 14.9 Å². The van der Waals surface area contributed by atoms with E-state index in [2.05, 4.69) is 48.1 Å². The number of carbonyl (C=O) groups excluding carboxylic acids is 1. The van der Waals surface area contributed by atoms with Crippen molar-refractivity contribution in [2.24, 2.45) is 0 Å². The Balaban J connectivity index is 2.12. The van der Waals surface area contributed by atoms with Crippen LogP contribution in [0.1, 0.15) is 32.8 Å². The molecule has 0 bridgehead atoms. The summed E-state index contributed by atoms with van der Waals surface area (Å²) < 4.78 is 11.9. The van der Waals surface area contributed by atoms with Crippen LogP contribution in [0, 0.1) is 0 Å². The highest BCUT2D eigenvalue weighted by atomic mass is 79.9. The molecule has 116 valence electrons. The summed E-state index contributed by atoms with van der Waals surface area (Å²) in [5.74, 6) is 0.649. The van der Waals surface area contributed by atoms with Gasteiger partial charge in [-0.15, -0.1) is 0 Å². The SMILES string of the molecule is COC(=O)[C@@H]1C[C@H](Oc2ccc(Br)cc2C(C)(C)C)CN1. The van der Waals surface area contributed by atoms with E-state index in [0.717, 1.165) is 15.8 Å². The predicted molar refractivity (Wildman–Crippen MR) is 85.7 cm³/mol. The number of ether oxygens (including phenoxy) is 2. The van der Waals surface area contributed by atoms with Crippen molar-refractivity contribution in [2.75, 3.05) is 13.7 Å². The van der Waals surface area contributed by atoms with Gasteiger partial charge in [0.05, 0.1) is 7.11 Å². The lowest BCUT2D eigenvalue weighted by Gasteiger charge is -2.25. The maximum Gasteiger partial charge on any atom is 0.323 e. The van der Waals surface area contributed by atoms with Gasteiger partial charge in [-0.1, -0.05) is 36.7 Å². The number of carbonyl (C=O) groups is 1. The standard InChI is InChI=1S/C16H22BrNO3/c1-16(2,3)12-7-10(17)5-6-14(12)21-11-8-13(18-9-11)15(19)20-4/h5-7,11,13,18H,8-9H2,1-4H3/t11-,13-/m0/s1. The van der Waals surface area contributed by atoms with Crippen molar-refractivity contribution >= 4 is 21.9 Å². The fraction of sp³-hybridized carbons (Fsp3) is 0.562. The van der Waals surface area contributed by atoms with Crippen molar-refractivity contribution in [2.45, 2.75) is 44.8 Å². The molecule has 0 aromatic heterocycles. The smallest absolute Gasteiger partial charge is 0.323 e. The van der Waals surface area contributed by atoms with Crippen molar-refractivity contribution in [1.29, 1.82) is 0 Å². The highest BCUT2D eigenvalue weighted by Crippen LogP contribution is 2.34. The Bertz CT molecular complexity index is 525. The predicted octanol–water partition coefficient (Wildman–Crippen LogP) is 3.03. The molecule has 1 heterocycles. The maximum absolute atomic E-state index is 11.5. The lowest BCUT2D eigenvalue weighted by Crippen LogP contribution is -2.31. The number of halogens is 1. The second-order valence-corrected chi connectivity index (χ2v) is 7.27. The van der Waals surface area contributed by atoms with Gasteiger partial charge in [-0.05, 0) is 23.6 Å². The number of hydrogen-bond acceptors (Lipinski definition) is 4. The van der Waals surface area contributed by atoms with Gasteiger partial charge in [-0.3, -0.25) is 4.79 Å². The quantitative estimate of drug-likeness (QED) is 0.846. The van der Waals surface area contributed by atoms with Crippen LogP contribution in [0.2, 0.25) is 0 Å².